The van der Waals surface area contributed by atoms with Crippen LogP contribution in [-0.2, 0) is 9.59 Å². The minimum Gasteiger partial charge on any atom is -0.481 e. The molecule has 1 unspecified atom stereocenters. The number of carbonyl (C=O) groups is 2. The number of nitrogens with one attached hydrogen (secondary N) is 1. The van der Waals surface area contributed by atoms with Crippen molar-refractivity contribution >= 4 is 45.9 Å². The van der Waals surface area contributed by atoms with Crippen molar-refractivity contribution in [2.24, 2.45) is 11.3 Å². The van der Waals surface area contributed by atoms with E-state index < -0.39 is 11.4 Å². The molecule has 2 fully saturated rings. The molecule has 7 heteroatoms. The number of hydrogen-bond donors (Lipinski definition) is 2. The van der Waals surface area contributed by atoms with E-state index in [4.69, 9.17) is 0 Å². The van der Waals surface area contributed by atoms with Gasteiger partial charge in [-0.25, -0.2) is 0 Å². The normalized spacial score (nSPS) is 27.2. The number of aliphatic carboxylic acids is 1. The van der Waals surface area contributed by atoms with Crippen LogP contribution in [0, 0.1) is 11.3 Å². The SMILES string of the molecule is CC(C(=O)Nc1ccccc1Br)N1C[C@@H]2CCC[C@@]2(C(=O)O)C1.Cl. The molecule has 132 valence electrons. The van der Waals surface area contributed by atoms with E-state index in [1.807, 2.05) is 36.1 Å². The Morgan fingerprint density at radius 1 is 1.42 bits per heavy atom. The molecule has 0 spiro atoms. The van der Waals surface area contributed by atoms with Gasteiger partial charge in [0, 0.05) is 17.6 Å². The van der Waals surface area contributed by atoms with E-state index >= 15 is 0 Å². The predicted octanol–water partition coefficient (Wildman–Crippen LogP) is 3.38. The van der Waals surface area contributed by atoms with Crippen molar-refractivity contribution in [2.75, 3.05) is 18.4 Å². The first-order valence-electron chi connectivity index (χ1n) is 7.97. The number of carbonyl (C=O) groups excluding carboxylic acids is 1. The molecule has 1 saturated carbocycles. The van der Waals surface area contributed by atoms with Crippen LogP contribution in [0.1, 0.15) is 26.2 Å². The molecule has 3 atom stereocenters. The van der Waals surface area contributed by atoms with Crippen LogP contribution in [0.5, 0.6) is 0 Å². The second-order valence-corrected chi connectivity index (χ2v) is 7.48. The van der Waals surface area contributed by atoms with E-state index in [1.54, 1.807) is 0 Å². The zero-order valence-electron chi connectivity index (χ0n) is 13.5. The van der Waals surface area contributed by atoms with E-state index in [-0.39, 0.29) is 30.3 Å². The van der Waals surface area contributed by atoms with Crippen LogP contribution in [0.15, 0.2) is 28.7 Å². The van der Waals surface area contributed by atoms with Crippen LogP contribution >= 0.6 is 28.3 Å². The van der Waals surface area contributed by atoms with E-state index in [0.717, 1.165) is 29.4 Å². The smallest absolute Gasteiger partial charge is 0.311 e. The summed E-state index contributed by atoms with van der Waals surface area (Å²) in [5.41, 5.74) is 0.0821. The minimum atomic E-state index is -0.707. The molecule has 1 aliphatic heterocycles. The Hall–Kier alpha value is -1.11. The number of amides is 1. The topological polar surface area (TPSA) is 69.6 Å². The van der Waals surface area contributed by atoms with Gasteiger partial charge in [-0.05, 0) is 53.7 Å². The fourth-order valence-electron chi connectivity index (χ4n) is 3.94. The number of halogens is 2. The molecular formula is C17H22BrClN2O3. The average Bonchev–Trinajstić information content (AvgIpc) is 3.06. The van der Waals surface area contributed by atoms with Gasteiger partial charge >= 0.3 is 5.97 Å². The Morgan fingerprint density at radius 3 is 2.75 bits per heavy atom. The molecule has 2 aliphatic rings. The van der Waals surface area contributed by atoms with Gasteiger partial charge in [0.2, 0.25) is 5.91 Å². The summed E-state index contributed by atoms with van der Waals surface area (Å²) < 4.78 is 0.834. The monoisotopic (exact) mass is 416 g/mol. The molecular weight excluding hydrogens is 396 g/mol. The summed E-state index contributed by atoms with van der Waals surface area (Å²) in [6, 6.07) is 7.13. The first-order valence-corrected chi connectivity index (χ1v) is 8.76. The summed E-state index contributed by atoms with van der Waals surface area (Å²) in [6.07, 6.45) is 2.64. The van der Waals surface area contributed by atoms with Crippen molar-refractivity contribution in [3.05, 3.63) is 28.7 Å². The number of likely N-dealkylation sites (tertiary alicyclic amines) is 1. The van der Waals surface area contributed by atoms with Gasteiger partial charge in [-0.1, -0.05) is 18.6 Å². The first-order chi connectivity index (χ1) is 10.9. The summed E-state index contributed by atoms with van der Waals surface area (Å²) in [5.74, 6) is -0.642. The quantitative estimate of drug-likeness (QED) is 0.788. The molecule has 1 amide bonds. The van der Waals surface area contributed by atoms with Gasteiger partial charge in [-0.2, -0.15) is 0 Å². The average molecular weight is 418 g/mol. The maximum absolute atomic E-state index is 12.5. The molecule has 5 nitrogen and oxygen atoms in total. The molecule has 0 aromatic heterocycles. The summed E-state index contributed by atoms with van der Waals surface area (Å²) in [5, 5.41) is 12.6. The lowest BCUT2D eigenvalue weighted by Gasteiger charge is -2.26. The lowest BCUT2D eigenvalue weighted by molar-refractivity contribution is -0.149. The maximum Gasteiger partial charge on any atom is 0.311 e. The first kappa shape index (κ1) is 19.2. The number of para-hydroxylation sites is 1. The molecule has 1 aromatic carbocycles. The van der Waals surface area contributed by atoms with Gasteiger partial charge in [0.15, 0.2) is 0 Å². The van der Waals surface area contributed by atoms with Gasteiger partial charge in [-0.3, -0.25) is 14.5 Å². The maximum atomic E-state index is 12.5. The fourth-order valence-corrected chi connectivity index (χ4v) is 4.32. The zero-order chi connectivity index (χ0) is 16.6. The minimum absolute atomic E-state index is 0. The highest BCUT2D eigenvalue weighted by molar-refractivity contribution is 9.10. The Balaban J connectivity index is 0.00000208. The number of hydrogen-bond acceptors (Lipinski definition) is 3. The van der Waals surface area contributed by atoms with Crippen molar-refractivity contribution in [3.63, 3.8) is 0 Å². The van der Waals surface area contributed by atoms with Gasteiger partial charge < -0.3 is 10.4 Å². The van der Waals surface area contributed by atoms with Gasteiger partial charge in [0.25, 0.3) is 0 Å². The Labute approximate surface area is 156 Å². The third kappa shape index (κ3) is 3.32. The number of nitrogens with zero attached hydrogens (tertiary/aromatic N) is 1. The Morgan fingerprint density at radius 2 is 2.12 bits per heavy atom. The van der Waals surface area contributed by atoms with Crippen molar-refractivity contribution in [1.82, 2.24) is 4.90 Å². The number of rotatable bonds is 4. The summed E-state index contributed by atoms with van der Waals surface area (Å²) in [4.78, 5) is 26.3. The summed E-state index contributed by atoms with van der Waals surface area (Å²) >= 11 is 3.42. The van der Waals surface area contributed by atoms with Crippen molar-refractivity contribution in [2.45, 2.75) is 32.2 Å². The standard InChI is InChI=1S/C17H21BrN2O3.ClH/c1-11(15(21)19-14-7-3-2-6-13(14)18)20-9-12-5-4-8-17(12,10-20)16(22)23;/h2-3,6-7,11-12H,4-5,8-10H2,1H3,(H,19,21)(H,22,23);1H/t11?,12-,17+;/m0./s1. The largest absolute Gasteiger partial charge is 0.481 e. The van der Waals surface area contributed by atoms with E-state index in [1.165, 1.54) is 0 Å². The van der Waals surface area contributed by atoms with E-state index in [9.17, 15) is 14.7 Å². The van der Waals surface area contributed by atoms with E-state index in [0.29, 0.717) is 13.1 Å². The van der Waals surface area contributed by atoms with Gasteiger partial charge in [0.1, 0.15) is 0 Å². The number of benzene rings is 1. The number of anilines is 1. The molecule has 1 aliphatic carbocycles. The fraction of sp³-hybridized carbons (Fsp3) is 0.529. The van der Waals surface area contributed by atoms with Crippen LogP contribution in [0.4, 0.5) is 5.69 Å². The number of carboxylic acid groups (broad SMARTS) is 1. The number of fused-ring (bicyclic) bond motifs is 1. The second-order valence-electron chi connectivity index (χ2n) is 6.62. The lowest BCUT2D eigenvalue weighted by Crippen LogP contribution is -2.43. The molecule has 0 radical (unpaired) electrons. The van der Waals surface area contributed by atoms with Gasteiger partial charge in [0.05, 0.1) is 17.1 Å². The molecule has 3 rings (SSSR count). The van der Waals surface area contributed by atoms with Crippen LogP contribution in [0.2, 0.25) is 0 Å². The van der Waals surface area contributed by atoms with Crippen molar-refractivity contribution < 1.29 is 14.7 Å². The molecule has 2 N–H and O–H groups in total. The van der Waals surface area contributed by atoms with Crippen LogP contribution < -0.4 is 5.32 Å². The summed E-state index contributed by atoms with van der Waals surface area (Å²) in [7, 11) is 0. The number of carboxylic acids is 1. The van der Waals surface area contributed by atoms with Crippen molar-refractivity contribution in [1.29, 1.82) is 0 Å². The highest BCUT2D eigenvalue weighted by Crippen LogP contribution is 2.49. The molecule has 1 heterocycles. The third-order valence-electron chi connectivity index (χ3n) is 5.38. The molecule has 0 bridgehead atoms. The van der Waals surface area contributed by atoms with Gasteiger partial charge in [-0.15, -0.1) is 12.4 Å². The Bertz CT molecular complexity index is 642. The second kappa shape index (κ2) is 7.42. The lowest BCUT2D eigenvalue weighted by atomic mass is 9.81. The van der Waals surface area contributed by atoms with Crippen molar-refractivity contribution in [3.8, 4) is 0 Å². The zero-order valence-corrected chi connectivity index (χ0v) is 15.9. The summed E-state index contributed by atoms with van der Waals surface area (Å²) in [6.45, 7) is 3.01. The highest BCUT2D eigenvalue weighted by Gasteiger charge is 2.55. The predicted molar refractivity (Wildman–Crippen MR) is 98.5 cm³/mol. The Kier molecular flexibility index (Phi) is 5.94. The molecule has 1 aromatic rings. The van der Waals surface area contributed by atoms with Crippen LogP contribution in [0.3, 0.4) is 0 Å². The van der Waals surface area contributed by atoms with E-state index in [2.05, 4.69) is 21.2 Å². The molecule has 24 heavy (non-hydrogen) atoms. The third-order valence-corrected chi connectivity index (χ3v) is 6.07. The van der Waals surface area contributed by atoms with Crippen LogP contribution in [0.25, 0.3) is 0 Å². The highest BCUT2D eigenvalue weighted by atomic mass is 79.9. The van der Waals surface area contributed by atoms with Crippen LogP contribution in [-0.4, -0.2) is 41.0 Å². The molecule has 1 saturated heterocycles.